The van der Waals surface area contributed by atoms with Crippen LogP contribution in [0.15, 0.2) is 109 Å². The first-order valence-electron chi connectivity index (χ1n) is 17.6. The van der Waals surface area contributed by atoms with Gasteiger partial charge in [0.25, 0.3) is 0 Å². The molecule has 0 saturated heterocycles. The molecule has 0 radical (unpaired) electrons. The summed E-state index contributed by atoms with van der Waals surface area (Å²) in [5.74, 6) is 1.20. The van der Waals surface area contributed by atoms with Crippen molar-refractivity contribution in [1.29, 1.82) is 0 Å². The Morgan fingerprint density at radius 1 is 0.562 bits per heavy atom. The molecule has 0 aromatic heterocycles. The third kappa shape index (κ3) is 9.30. The van der Waals surface area contributed by atoms with E-state index in [1.54, 1.807) is 0 Å². The van der Waals surface area contributed by atoms with Crippen molar-refractivity contribution in [3.05, 3.63) is 154 Å². The molecule has 0 heterocycles. The Balaban J connectivity index is 0.000000190. The zero-order chi connectivity index (χ0) is 35.4. The average molecular weight is 712 g/mol. The van der Waals surface area contributed by atoms with Crippen molar-refractivity contribution in [2.24, 2.45) is 0 Å². The van der Waals surface area contributed by atoms with E-state index < -0.39 is 0 Å². The van der Waals surface area contributed by atoms with Gasteiger partial charge in [0.1, 0.15) is 0 Å². The van der Waals surface area contributed by atoms with E-state index in [0.717, 1.165) is 0 Å². The SMILES string of the molecule is CC(C)c1ccc([C](=[Zr+2])c2ccc(C(C)C)cc2)cc1.Cc1cc2[cH-]c3cc(C)c(C(C)(C)C)cc3c2cc1C(C)(C)C.c1cc[cH-]c1. The number of fused-ring (bicyclic) bond motifs is 3. The minimum Gasteiger partial charge on any atom is -0.214 e. The van der Waals surface area contributed by atoms with Gasteiger partial charge in [0.2, 0.25) is 0 Å². The molecule has 0 aliphatic heterocycles. The van der Waals surface area contributed by atoms with Gasteiger partial charge >= 0.3 is 138 Å². The molecule has 0 spiro atoms. The maximum Gasteiger partial charge on any atom is -0.0142 e. The smallest absolute Gasteiger partial charge is 0.0142 e. The molecular formula is C47H56Zr. The van der Waals surface area contributed by atoms with Gasteiger partial charge in [0, 0.05) is 0 Å². The molecular weight excluding hydrogens is 656 g/mol. The van der Waals surface area contributed by atoms with Gasteiger partial charge in [0.05, 0.1) is 0 Å². The fourth-order valence-corrected chi connectivity index (χ4v) is 7.33. The summed E-state index contributed by atoms with van der Waals surface area (Å²) in [6.07, 6.45) is 0. The van der Waals surface area contributed by atoms with E-state index in [1.807, 2.05) is 30.3 Å². The number of hydrogen-bond donors (Lipinski definition) is 0. The maximum atomic E-state index is 2.43. The van der Waals surface area contributed by atoms with Crippen molar-refractivity contribution in [3.63, 3.8) is 0 Å². The van der Waals surface area contributed by atoms with Crippen LogP contribution < -0.4 is 0 Å². The van der Waals surface area contributed by atoms with Crippen LogP contribution in [-0.4, -0.2) is 3.21 Å². The largest absolute Gasteiger partial charge is 0.214 e. The van der Waals surface area contributed by atoms with E-state index in [0.29, 0.717) is 11.8 Å². The standard InChI is InChI=1S/C23H29.C19H22.C5H5.Zr/c1-14-9-16-11-17-10-15(2)21(23(6,7)8)13-19(17)18(16)12-20(14)22(3,4)5;1-14(2)18-9-5-16(6-10-18)13-17-7-11-19(12-8-17)15(3)4;1-2-4-5-3-1;/h9-13H,1-8H3;5-12,14-15H,1-4H3;1-5H;/q-1;;-1;+2. The van der Waals surface area contributed by atoms with Crippen LogP contribution in [0.4, 0.5) is 0 Å². The number of rotatable bonds is 4. The number of benzene rings is 4. The predicted octanol–water partition coefficient (Wildman–Crippen LogP) is 13.4. The molecule has 6 aromatic carbocycles. The Bertz CT molecular complexity index is 1780. The summed E-state index contributed by atoms with van der Waals surface area (Å²) < 4.78 is 1.43. The summed E-state index contributed by atoms with van der Waals surface area (Å²) in [6, 6.07) is 40.0. The van der Waals surface area contributed by atoms with Crippen LogP contribution in [0.25, 0.3) is 21.5 Å². The molecule has 1 heteroatoms. The van der Waals surface area contributed by atoms with Crippen LogP contribution in [-0.2, 0) is 35.1 Å². The normalized spacial score (nSPS) is 11.8. The van der Waals surface area contributed by atoms with Gasteiger partial charge < -0.3 is 0 Å². The van der Waals surface area contributed by atoms with Crippen LogP contribution in [0, 0.1) is 13.8 Å². The van der Waals surface area contributed by atoms with Crippen molar-refractivity contribution < 1.29 is 24.2 Å². The van der Waals surface area contributed by atoms with Crippen molar-refractivity contribution in [2.75, 3.05) is 0 Å². The molecule has 48 heavy (non-hydrogen) atoms. The molecule has 0 nitrogen and oxygen atoms in total. The Labute approximate surface area is 306 Å². The van der Waals surface area contributed by atoms with Crippen LogP contribution in [0.2, 0.25) is 0 Å². The molecule has 0 atom stereocenters. The van der Waals surface area contributed by atoms with Crippen LogP contribution in [0.5, 0.6) is 0 Å². The van der Waals surface area contributed by atoms with E-state index >= 15 is 0 Å². The molecule has 0 aliphatic rings. The van der Waals surface area contributed by atoms with Crippen LogP contribution in [0.3, 0.4) is 0 Å². The maximum absolute atomic E-state index is 2.43. The number of hydrogen-bond acceptors (Lipinski definition) is 0. The fraction of sp³-hybridized carbons (Fsp3) is 0.340. The zero-order valence-corrected chi connectivity index (χ0v) is 34.0. The van der Waals surface area contributed by atoms with E-state index in [1.165, 1.54) is 93.5 Å². The molecule has 0 bridgehead atoms. The van der Waals surface area contributed by atoms with E-state index in [4.69, 9.17) is 0 Å². The van der Waals surface area contributed by atoms with Gasteiger partial charge in [-0.25, -0.2) is 12.1 Å². The minimum absolute atomic E-state index is 0.180. The molecule has 0 saturated carbocycles. The van der Waals surface area contributed by atoms with E-state index in [9.17, 15) is 0 Å². The minimum atomic E-state index is 0.180. The summed E-state index contributed by atoms with van der Waals surface area (Å²) in [7, 11) is 0. The predicted molar refractivity (Wildman–Crippen MR) is 210 cm³/mol. The monoisotopic (exact) mass is 710 g/mol. The molecule has 248 valence electrons. The molecule has 0 aliphatic carbocycles. The first kappa shape index (κ1) is 37.7. The molecule has 0 amide bonds. The Kier molecular flexibility index (Phi) is 12.2. The molecule has 6 aromatic rings. The zero-order valence-electron chi connectivity index (χ0n) is 31.5. The summed E-state index contributed by atoms with van der Waals surface area (Å²) in [4.78, 5) is 0. The topological polar surface area (TPSA) is 0 Å². The second kappa shape index (κ2) is 15.6. The first-order chi connectivity index (χ1) is 22.5. The van der Waals surface area contributed by atoms with Gasteiger partial charge in [-0.2, -0.15) is 18.2 Å². The van der Waals surface area contributed by atoms with Crippen molar-refractivity contribution in [2.45, 2.75) is 106 Å². The Morgan fingerprint density at radius 2 is 0.917 bits per heavy atom. The van der Waals surface area contributed by atoms with Crippen molar-refractivity contribution >= 4 is 24.8 Å². The van der Waals surface area contributed by atoms with Crippen LogP contribution >= 0.6 is 0 Å². The van der Waals surface area contributed by atoms with Crippen molar-refractivity contribution in [1.82, 2.24) is 0 Å². The number of aryl methyl sites for hydroxylation is 2. The summed E-state index contributed by atoms with van der Waals surface area (Å²) in [5.41, 5.74) is 11.6. The quantitative estimate of drug-likeness (QED) is 0.160. The third-order valence-corrected chi connectivity index (χ3v) is 10.7. The van der Waals surface area contributed by atoms with Crippen LogP contribution in [0.1, 0.15) is 126 Å². The Morgan fingerprint density at radius 3 is 1.19 bits per heavy atom. The van der Waals surface area contributed by atoms with Gasteiger partial charge in [-0.15, -0.1) is 39.7 Å². The second-order valence-corrected chi connectivity index (χ2v) is 17.3. The van der Waals surface area contributed by atoms with E-state index in [-0.39, 0.29) is 10.8 Å². The average Bonchev–Trinajstić information content (AvgIpc) is 3.71. The summed E-state index contributed by atoms with van der Waals surface area (Å²) >= 11 is 1.47. The first-order valence-corrected chi connectivity index (χ1v) is 18.8. The molecule has 0 N–H and O–H groups in total. The van der Waals surface area contributed by atoms with Gasteiger partial charge in [-0.05, 0) is 24.7 Å². The summed E-state index contributed by atoms with van der Waals surface area (Å²) in [5, 5.41) is 5.55. The van der Waals surface area contributed by atoms with E-state index in [2.05, 4.69) is 162 Å². The van der Waals surface area contributed by atoms with Gasteiger partial charge in [-0.1, -0.05) is 75.9 Å². The molecule has 0 fully saturated rings. The van der Waals surface area contributed by atoms with Gasteiger partial charge in [-0.3, -0.25) is 0 Å². The summed E-state index contributed by atoms with van der Waals surface area (Å²) in [6.45, 7) is 27.2. The third-order valence-electron chi connectivity index (χ3n) is 9.30. The fourth-order valence-electron chi connectivity index (χ4n) is 6.51. The molecule has 6 rings (SSSR count). The van der Waals surface area contributed by atoms with Gasteiger partial charge in [0.15, 0.2) is 0 Å². The van der Waals surface area contributed by atoms with Crippen molar-refractivity contribution in [3.8, 4) is 0 Å². The molecule has 0 unspecified atom stereocenters. The second-order valence-electron chi connectivity index (χ2n) is 16.0. The Hall–Kier alpha value is -3.15.